The van der Waals surface area contributed by atoms with Gasteiger partial charge < -0.3 is 0 Å². The van der Waals surface area contributed by atoms with Crippen LogP contribution in [-0.2, 0) is 0 Å². The third-order valence-corrected chi connectivity index (χ3v) is 5.46. The van der Waals surface area contributed by atoms with Crippen LogP contribution in [0.3, 0.4) is 0 Å². The van der Waals surface area contributed by atoms with Crippen LogP contribution >= 0.6 is 0 Å². The van der Waals surface area contributed by atoms with Gasteiger partial charge in [-0.3, -0.25) is 4.79 Å². The number of carbonyl (C=O) groups excluding carboxylic acids is 1. The molecule has 0 spiro atoms. The normalized spacial score (nSPS) is 30.5. The fourth-order valence-electron chi connectivity index (χ4n) is 4.62. The Morgan fingerprint density at radius 2 is 1.43 bits per heavy atom. The third kappa shape index (κ3) is 2.12. The first-order valence-electron chi connectivity index (χ1n) is 7.99. The minimum Gasteiger partial charge on any atom is -0.294 e. The Labute approximate surface area is 126 Å². The Bertz CT molecular complexity index is 631. The second kappa shape index (κ2) is 5.14. The summed E-state index contributed by atoms with van der Waals surface area (Å²) in [5, 5.41) is 0. The zero-order valence-electron chi connectivity index (χ0n) is 12.1. The standard InChI is InChI=1S/C20H20O/c21-20(15-9-5-2-6-10-15)19-17-12-11-16(13-17)18(19)14-7-3-1-4-8-14/h1-10,16-19H,11-13H2/t16-,17+,18+,19+/m1/s1. The van der Waals surface area contributed by atoms with Gasteiger partial charge in [-0.15, -0.1) is 0 Å². The van der Waals surface area contributed by atoms with E-state index in [1.54, 1.807) is 0 Å². The second-order valence-corrected chi connectivity index (χ2v) is 6.53. The lowest BCUT2D eigenvalue weighted by Gasteiger charge is -2.30. The molecule has 2 saturated carbocycles. The Morgan fingerprint density at radius 1 is 0.810 bits per heavy atom. The zero-order valence-corrected chi connectivity index (χ0v) is 12.1. The number of carbonyl (C=O) groups is 1. The largest absolute Gasteiger partial charge is 0.294 e. The SMILES string of the molecule is O=C(c1ccccc1)[C@H]1[C@H]2CC[C@H](C2)[C@@H]1c1ccccc1. The molecule has 0 amide bonds. The highest BCUT2D eigenvalue weighted by molar-refractivity contribution is 5.99. The number of fused-ring (bicyclic) bond motifs is 2. The zero-order chi connectivity index (χ0) is 14.2. The van der Waals surface area contributed by atoms with Crippen molar-refractivity contribution >= 4 is 5.78 Å². The molecule has 2 bridgehead atoms. The number of hydrogen-bond acceptors (Lipinski definition) is 1. The van der Waals surface area contributed by atoms with Crippen molar-refractivity contribution in [2.45, 2.75) is 25.2 Å². The summed E-state index contributed by atoms with van der Waals surface area (Å²) in [6.07, 6.45) is 3.77. The van der Waals surface area contributed by atoms with Crippen LogP contribution in [0.1, 0.15) is 41.1 Å². The van der Waals surface area contributed by atoms with Crippen molar-refractivity contribution in [2.24, 2.45) is 17.8 Å². The van der Waals surface area contributed by atoms with Gasteiger partial charge in [0.05, 0.1) is 0 Å². The molecule has 0 aromatic heterocycles. The van der Waals surface area contributed by atoms with Crippen LogP contribution in [0, 0.1) is 17.8 Å². The van der Waals surface area contributed by atoms with E-state index in [4.69, 9.17) is 0 Å². The predicted molar refractivity (Wildman–Crippen MR) is 84.3 cm³/mol. The molecule has 0 unspecified atom stereocenters. The molecule has 2 aromatic rings. The molecular weight excluding hydrogens is 256 g/mol. The predicted octanol–water partition coefficient (Wildman–Crippen LogP) is 4.70. The monoisotopic (exact) mass is 276 g/mol. The molecule has 2 fully saturated rings. The molecule has 2 aliphatic carbocycles. The van der Waals surface area contributed by atoms with Crippen LogP contribution in [0.2, 0.25) is 0 Å². The van der Waals surface area contributed by atoms with Gasteiger partial charge in [0.25, 0.3) is 0 Å². The third-order valence-electron chi connectivity index (χ3n) is 5.46. The molecule has 21 heavy (non-hydrogen) atoms. The van der Waals surface area contributed by atoms with Crippen molar-refractivity contribution in [3.63, 3.8) is 0 Å². The van der Waals surface area contributed by atoms with Crippen LogP contribution < -0.4 is 0 Å². The van der Waals surface area contributed by atoms with Gasteiger partial charge in [0.15, 0.2) is 5.78 Å². The van der Waals surface area contributed by atoms with Gasteiger partial charge in [-0.05, 0) is 42.6 Å². The van der Waals surface area contributed by atoms with E-state index in [-0.39, 0.29) is 5.92 Å². The van der Waals surface area contributed by atoms with Crippen molar-refractivity contribution in [2.75, 3.05) is 0 Å². The Kier molecular flexibility index (Phi) is 3.14. The molecule has 2 aromatic carbocycles. The van der Waals surface area contributed by atoms with Gasteiger partial charge in [0.2, 0.25) is 0 Å². The van der Waals surface area contributed by atoms with Crippen LogP contribution in [-0.4, -0.2) is 5.78 Å². The first-order valence-corrected chi connectivity index (χ1v) is 7.99. The average Bonchev–Trinajstić information content (AvgIpc) is 3.17. The van der Waals surface area contributed by atoms with Crippen LogP contribution in [0.4, 0.5) is 0 Å². The van der Waals surface area contributed by atoms with E-state index in [0.717, 1.165) is 5.56 Å². The van der Waals surface area contributed by atoms with E-state index >= 15 is 0 Å². The molecule has 106 valence electrons. The molecule has 2 aliphatic rings. The topological polar surface area (TPSA) is 17.1 Å². The summed E-state index contributed by atoms with van der Waals surface area (Å²) in [5.74, 6) is 2.27. The quantitative estimate of drug-likeness (QED) is 0.743. The molecule has 0 aliphatic heterocycles. The summed E-state index contributed by atoms with van der Waals surface area (Å²) in [6.45, 7) is 0. The number of rotatable bonds is 3. The Morgan fingerprint density at radius 3 is 2.14 bits per heavy atom. The lowest BCUT2D eigenvalue weighted by atomic mass is 9.72. The molecule has 0 radical (unpaired) electrons. The number of hydrogen-bond donors (Lipinski definition) is 0. The summed E-state index contributed by atoms with van der Waals surface area (Å²) in [4.78, 5) is 13.0. The first kappa shape index (κ1) is 12.8. The van der Waals surface area contributed by atoms with Gasteiger partial charge in [-0.2, -0.15) is 0 Å². The Balaban J connectivity index is 1.71. The van der Waals surface area contributed by atoms with Crippen molar-refractivity contribution in [3.05, 3.63) is 71.8 Å². The van der Waals surface area contributed by atoms with E-state index in [1.165, 1.54) is 24.8 Å². The molecular formula is C20H20O. The highest BCUT2D eigenvalue weighted by Gasteiger charge is 2.50. The summed E-state index contributed by atoms with van der Waals surface area (Å²) < 4.78 is 0. The fourth-order valence-corrected chi connectivity index (χ4v) is 4.62. The van der Waals surface area contributed by atoms with Gasteiger partial charge in [0, 0.05) is 11.5 Å². The smallest absolute Gasteiger partial charge is 0.166 e. The number of Topliss-reactive ketones (excluding diaryl/α,β-unsaturated/α-hetero) is 1. The van der Waals surface area contributed by atoms with Gasteiger partial charge >= 0.3 is 0 Å². The highest BCUT2D eigenvalue weighted by Crippen LogP contribution is 2.57. The van der Waals surface area contributed by atoms with E-state index in [0.29, 0.717) is 23.5 Å². The van der Waals surface area contributed by atoms with Crippen LogP contribution in [0.5, 0.6) is 0 Å². The van der Waals surface area contributed by atoms with E-state index in [9.17, 15) is 4.79 Å². The maximum Gasteiger partial charge on any atom is 0.166 e. The molecule has 1 nitrogen and oxygen atoms in total. The minimum absolute atomic E-state index is 0.188. The molecule has 4 atom stereocenters. The minimum atomic E-state index is 0.188. The maximum atomic E-state index is 13.0. The maximum absolute atomic E-state index is 13.0. The van der Waals surface area contributed by atoms with Gasteiger partial charge in [0.1, 0.15) is 0 Å². The fraction of sp³-hybridized carbons (Fsp3) is 0.350. The molecule has 0 heterocycles. The highest BCUT2D eigenvalue weighted by atomic mass is 16.1. The van der Waals surface area contributed by atoms with Crippen molar-refractivity contribution in [3.8, 4) is 0 Å². The molecule has 1 heteroatoms. The molecule has 4 rings (SSSR count). The molecule has 0 N–H and O–H groups in total. The summed E-state index contributed by atoms with van der Waals surface area (Å²) in [7, 11) is 0. The van der Waals surface area contributed by atoms with Crippen LogP contribution in [0.25, 0.3) is 0 Å². The van der Waals surface area contributed by atoms with E-state index < -0.39 is 0 Å². The van der Waals surface area contributed by atoms with Gasteiger partial charge in [-0.1, -0.05) is 60.7 Å². The lowest BCUT2D eigenvalue weighted by molar-refractivity contribution is 0.0853. The average molecular weight is 276 g/mol. The van der Waals surface area contributed by atoms with Crippen molar-refractivity contribution in [1.82, 2.24) is 0 Å². The van der Waals surface area contributed by atoms with Crippen molar-refractivity contribution in [1.29, 1.82) is 0 Å². The number of benzene rings is 2. The lowest BCUT2D eigenvalue weighted by Crippen LogP contribution is -2.28. The van der Waals surface area contributed by atoms with E-state index in [2.05, 4.69) is 30.3 Å². The Hall–Kier alpha value is -1.89. The summed E-state index contributed by atoms with van der Waals surface area (Å²) >= 11 is 0. The second-order valence-electron chi connectivity index (χ2n) is 6.53. The molecule has 0 saturated heterocycles. The van der Waals surface area contributed by atoms with Crippen molar-refractivity contribution < 1.29 is 4.79 Å². The summed E-state index contributed by atoms with van der Waals surface area (Å²) in [6, 6.07) is 20.5. The van der Waals surface area contributed by atoms with Gasteiger partial charge in [-0.25, -0.2) is 0 Å². The first-order chi connectivity index (χ1) is 10.3. The van der Waals surface area contributed by atoms with Crippen LogP contribution in [0.15, 0.2) is 60.7 Å². The summed E-state index contributed by atoms with van der Waals surface area (Å²) in [5.41, 5.74) is 2.25. The van der Waals surface area contributed by atoms with E-state index in [1.807, 2.05) is 30.3 Å². The number of ketones is 1.